The maximum atomic E-state index is 11.9. The number of carbonyl (C=O) groups is 1. The lowest BCUT2D eigenvalue weighted by Gasteiger charge is -2.19. The van der Waals surface area contributed by atoms with Crippen molar-refractivity contribution in [2.24, 2.45) is 23.7 Å². The smallest absolute Gasteiger partial charge is 0.305 e. The molecule has 0 aromatic rings. The van der Waals surface area contributed by atoms with Crippen LogP contribution in [0.4, 0.5) is 0 Å². The number of allylic oxidation sites excluding steroid dienone is 2. The third-order valence-corrected chi connectivity index (χ3v) is 7.14. The number of aliphatic hydroxyl groups excluding tert-OH is 2. The van der Waals surface area contributed by atoms with Gasteiger partial charge in [0.25, 0.3) is 0 Å². The highest BCUT2D eigenvalue weighted by Gasteiger charge is 2.44. The predicted molar refractivity (Wildman–Crippen MR) is 139 cm³/mol. The second-order valence-electron chi connectivity index (χ2n) is 9.89. The molecule has 0 radical (unpaired) electrons. The first kappa shape index (κ1) is 30.5. The molecule has 7 heteroatoms. The molecule has 2 saturated carbocycles. The van der Waals surface area contributed by atoms with Crippen molar-refractivity contribution in [1.29, 1.82) is 0 Å². The van der Waals surface area contributed by atoms with Gasteiger partial charge in [0.15, 0.2) is 0 Å². The molecule has 6 unspecified atom stereocenters. The van der Waals surface area contributed by atoms with E-state index in [0.29, 0.717) is 57.7 Å². The molecule has 204 valence electrons. The highest BCUT2D eigenvalue weighted by atomic mass is 16.6. The standard InChI is InChI=1S/C29H46O7/c1-4-5-8-22(2)27(30)12-11-25-26-20-23(19-24(26)21-28(25)31)9-6-7-10-29(32)36-18-17-35-16-15-34-14-13-33-3/h9,11-12,22,24-28,30-31H,6-8,10,13-21H2,1-3H3. The highest BCUT2D eigenvalue weighted by molar-refractivity contribution is 5.69. The van der Waals surface area contributed by atoms with Crippen molar-refractivity contribution in [3.8, 4) is 11.8 Å². The van der Waals surface area contributed by atoms with E-state index in [1.54, 1.807) is 7.11 Å². The van der Waals surface area contributed by atoms with Crippen LogP contribution in [0.2, 0.25) is 0 Å². The molecular formula is C29H46O7. The van der Waals surface area contributed by atoms with Crippen molar-refractivity contribution in [2.45, 2.75) is 71.0 Å². The van der Waals surface area contributed by atoms with Crippen molar-refractivity contribution < 1.29 is 34.0 Å². The molecule has 0 saturated heterocycles. The highest BCUT2D eigenvalue weighted by Crippen LogP contribution is 2.50. The maximum Gasteiger partial charge on any atom is 0.305 e. The Labute approximate surface area is 217 Å². The summed E-state index contributed by atoms with van der Waals surface area (Å²) in [7, 11) is 1.63. The van der Waals surface area contributed by atoms with Crippen LogP contribution in [0.1, 0.15) is 58.8 Å². The van der Waals surface area contributed by atoms with Gasteiger partial charge in [0.1, 0.15) is 6.61 Å². The van der Waals surface area contributed by atoms with Gasteiger partial charge in [-0.15, -0.1) is 11.8 Å². The normalized spacial score (nSPS) is 26.1. The van der Waals surface area contributed by atoms with E-state index >= 15 is 0 Å². The van der Waals surface area contributed by atoms with Crippen LogP contribution in [0.15, 0.2) is 23.8 Å². The minimum Gasteiger partial charge on any atom is -0.463 e. The molecule has 2 rings (SSSR count). The zero-order chi connectivity index (χ0) is 26.2. The zero-order valence-corrected chi connectivity index (χ0v) is 22.3. The van der Waals surface area contributed by atoms with Gasteiger partial charge in [-0.3, -0.25) is 4.79 Å². The molecule has 2 N–H and O–H groups in total. The number of hydrogen-bond acceptors (Lipinski definition) is 7. The lowest BCUT2D eigenvalue weighted by Crippen LogP contribution is -2.19. The fraction of sp³-hybridized carbons (Fsp3) is 0.759. The average molecular weight is 507 g/mol. The van der Waals surface area contributed by atoms with Crippen LogP contribution in [0, 0.1) is 35.5 Å². The monoisotopic (exact) mass is 506 g/mol. The van der Waals surface area contributed by atoms with E-state index in [1.807, 2.05) is 26.0 Å². The summed E-state index contributed by atoms with van der Waals surface area (Å²) < 4.78 is 20.8. The third kappa shape index (κ3) is 11.1. The van der Waals surface area contributed by atoms with E-state index < -0.39 is 6.10 Å². The van der Waals surface area contributed by atoms with Crippen molar-refractivity contribution in [2.75, 3.05) is 46.8 Å². The first-order valence-electron chi connectivity index (χ1n) is 13.4. The summed E-state index contributed by atoms with van der Waals surface area (Å²) in [6.07, 6.45) is 10.8. The molecule has 0 spiro atoms. The van der Waals surface area contributed by atoms with E-state index in [4.69, 9.17) is 18.9 Å². The van der Waals surface area contributed by atoms with Crippen LogP contribution in [0.25, 0.3) is 0 Å². The number of aliphatic hydroxyl groups is 2. The Morgan fingerprint density at radius 3 is 2.58 bits per heavy atom. The van der Waals surface area contributed by atoms with Gasteiger partial charge in [0.2, 0.25) is 0 Å². The van der Waals surface area contributed by atoms with E-state index in [0.717, 1.165) is 32.1 Å². The van der Waals surface area contributed by atoms with Crippen molar-refractivity contribution >= 4 is 5.97 Å². The summed E-state index contributed by atoms with van der Waals surface area (Å²) in [5, 5.41) is 21.0. The molecule has 2 aliphatic rings. The lowest BCUT2D eigenvalue weighted by molar-refractivity contribution is -0.145. The first-order chi connectivity index (χ1) is 17.5. The molecule has 7 nitrogen and oxygen atoms in total. The Morgan fingerprint density at radius 1 is 1.14 bits per heavy atom. The number of hydrogen-bond donors (Lipinski definition) is 2. The summed E-state index contributed by atoms with van der Waals surface area (Å²) in [6.45, 7) is 6.52. The molecule has 2 aliphatic carbocycles. The first-order valence-corrected chi connectivity index (χ1v) is 13.4. The number of unbranched alkanes of at least 4 members (excludes halogenated alkanes) is 1. The van der Waals surface area contributed by atoms with Gasteiger partial charge >= 0.3 is 5.97 Å². The summed E-state index contributed by atoms with van der Waals surface area (Å²) in [5.74, 6) is 6.79. The Balaban J connectivity index is 1.61. The van der Waals surface area contributed by atoms with Gasteiger partial charge in [-0.05, 0) is 56.8 Å². The number of fused-ring (bicyclic) bond motifs is 1. The number of esters is 1. The summed E-state index contributed by atoms with van der Waals surface area (Å²) in [4.78, 5) is 11.9. The van der Waals surface area contributed by atoms with Gasteiger partial charge in [-0.25, -0.2) is 0 Å². The molecule has 0 aromatic heterocycles. The topological polar surface area (TPSA) is 94.5 Å². The van der Waals surface area contributed by atoms with Gasteiger partial charge in [-0.1, -0.05) is 30.7 Å². The SMILES string of the molecule is CC#CCC(C)C(O)C=CC1C(O)CC2CC(=CCCCC(=O)OCCOCCOCCOC)CC21. The average Bonchev–Trinajstić information content (AvgIpc) is 3.38. The van der Waals surface area contributed by atoms with Crippen LogP contribution >= 0.6 is 0 Å². The van der Waals surface area contributed by atoms with Crippen LogP contribution in [-0.4, -0.2) is 75.1 Å². The number of methoxy groups -OCH3 is 1. The van der Waals surface area contributed by atoms with Gasteiger partial charge < -0.3 is 29.2 Å². The van der Waals surface area contributed by atoms with E-state index in [-0.39, 0.29) is 30.5 Å². The Bertz CT molecular complexity index is 750. The Kier molecular flexibility index (Phi) is 15.0. The minimum atomic E-state index is -0.542. The van der Waals surface area contributed by atoms with Gasteiger partial charge in [0, 0.05) is 25.9 Å². The molecule has 0 aliphatic heterocycles. The third-order valence-electron chi connectivity index (χ3n) is 7.14. The van der Waals surface area contributed by atoms with E-state index in [2.05, 4.69) is 17.9 Å². The molecule has 36 heavy (non-hydrogen) atoms. The number of ether oxygens (including phenoxy) is 4. The van der Waals surface area contributed by atoms with Crippen LogP contribution in [0.5, 0.6) is 0 Å². The number of rotatable bonds is 17. The van der Waals surface area contributed by atoms with E-state index in [1.165, 1.54) is 5.57 Å². The number of carbonyl (C=O) groups excluding carboxylic acids is 1. The molecule has 6 atom stereocenters. The molecular weight excluding hydrogens is 460 g/mol. The minimum absolute atomic E-state index is 0.0760. The summed E-state index contributed by atoms with van der Waals surface area (Å²) in [5.41, 5.74) is 1.43. The van der Waals surface area contributed by atoms with Crippen molar-refractivity contribution in [3.05, 3.63) is 23.8 Å². The Hall–Kier alpha value is -1.69. The van der Waals surface area contributed by atoms with E-state index in [9.17, 15) is 15.0 Å². The van der Waals surface area contributed by atoms with Crippen molar-refractivity contribution in [3.63, 3.8) is 0 Å². The molecule has 0 heterocycles. The molecule has 2 fully saturated rings. The quantitative estimate of drug-likeness (QED) is 0.135. The second-order valence-corrected chi connectivity index (χ2v) is 9.89. The molecule has 0 amide bonds. The molecule has 0 aromatic carbocycles. The van der Waals surface area contributed by atoms with Crippen LogP contribution in [-0.2, 0) is 23.7 Å². The Morgan fingerprint density at radius 2 is 1.86 bits per heavy atom. The van der Waals surface area contributed by atoms with Gasteiger partial charge in [-0.2, -0.15) is 0 Å². The lowest BCUT2D eigenvalue weighted by atomic mass is 9.89. The van der Waals surface area contributed by atoms with Crippen LogP contribution < -0.4 is 0 Å². The summed E-state index contributed by atoms with van der Waals surface area (Å²) in [6, 6.07) is 0. The molecule has 0 bridgehead atoms. The fourth-order valence-corrected chi connectivity index (χ4v) is 5.06. The van der Waals surface area contributed by atoms with Crippen LogP contribution in [0.3, 0.4) is 0 Å². The maximum absolute atomic E-state index is 11.9. The van der Waals surface area contributed by atoms with Gasteiger partial charge in [0.05, 0.1) is 45.2 Å². The largest absolute Gasteiger partial charge is 0.463 e. The fourth-order valence-electron chi connectivity index (χ4n) is 5.06. The van der Waals surface area contributed by atoms with Crippen molar-refractivity contribution in [1.82, 2.24) is 0 Å². The second kappa shape index (κ2) is 17.7. The predicted octanol–water partition coefficient (Wildman–Crippen LogP) is 3.68. The zero-order valence-electron chi connectivity index (χ0n) is 22.3. The summed E-state index contributed by atoms with van der Waals surface area (Å²) >= 11 is 0.